The minimum atomic E-state index is -1.03. The first-order valence-electron chi connectivity index (χ1n) is 4.15. The van der Waals surface area contributed by atoms with Gasteiger partial charge in [-0.1, -0.05) is 12.8 Å². The summed E-state index contributed by atoms with van der Waals surface area (Å²) >= 11 is 0. The summed E-state index contributed by atoms with van der Waals surface area (Å²) in [5, 5.41) is 11.6. The normalized spacial score (nSPS) is 28.8. The van der Waals surface area contributed by atoms with Crippen LogP contribution < -0.4 is 5.32 Å². The van der Waals surface area contributed by atoms with Gasteiger partial charge in [-0.3, -0.25) is 0 Å². The molecule has 0 spiro atoms. The molecule has 0 bridgehead atoms. The molecule has 3 nitrogen and oxygen atoms in total. The number of nitrogens with one attached hydrogen (secondary N) is 1. The summed E-state index contributed by atoms with van der Waals surface area (Å²) in [6, 6.07) is 0. The van der Waals surface area contributed by atoms with Crippen molar-refractivity contribution in [1.29, 1.82) is 0 Å². The van der Waals surface area contributed by atoms with E-state index in [-0.39, 0.29) is 5.92 Å². The number of carboxylic acid groups (broad SMARTS) is 1. The first-order valence-corrected chi connectivity index (χ1v) is 4.15. The summed E-state index contributed by atoms with van der Waals surface area (Å²) in [5.74, 6) is 4.65. The van der Waals surface area contributed by atoms with E-state index < -0.39 is 5.97 Å². The Morgan fingerprint density at radius 1 is 1.67 bits per heavy atom. The molecule has 0 aliphatic carbocycles. The maximum atomic E-state index is 10.2. The van der Waals surface area contributed by atoms with Crippen LogP contribution in [0.3, 0.4) is 0 Å². The van der Waals surface area contributed by atoms with E-state index in [4.69, 9.17) is 5.11 Å². The average molecular weight is 167 g/mol. The highest BCUT2D eigenvalue weighted by Gasteiger charge is 2.18. The second-order valence-corrected chi connectivity index (χ2v) is 3.15. The molecule has 66 valence electrons. The van der Waals surface area contributed by atoms with Gasteiger partial charge in [0.15, 0.2) is 0 Å². The molecule has 2 N–H and O–H groups in total. The zero-order chi connectivity index (χ0) is 8.97. The van der Waals surface area contributed by atoms with Crippen LogP contribution in [0.4, 0.5) is 0 Å². The second kappa shape index (κ2) is 4.13. The van der Waals surface area contributed by atoms with Gasteiger partial charge in [-0.2, -0.15) is 0 Å². The smallest absolute Gasteiger partial charge is 0.381 e. The molecule has 1 rings (SSSR count). The zero-order valence-electron chi connectivity index (χ0n) is 7.13. The predicted molar refractivity (Wildman–Crippen MR) is 45.6 cm³/mol. The molecule has 2 atom stereocenters. The molecule has 0 saturated carbocycles. The topological polar surface area (TPSA) is 49.3 Å². The number of carboxylic acids is 1. The Labute approximate surface area is 72.2 Å². The minimum absolute atomic E-state index is 0.252. The zero-order valence-corrected chi connectivity index (χ0v) is 7.13. The van der Waals surface area contributed by atoms with Crippen molar-refractivity contribution in [2.45, 2.75) is 13.3 Å². The standard InChI is InChI=1S/C9H13NO2/c1-7-6-10-5-4-8(7)2-3-9(11)12/h7-8,10H,4-6H2,1H3,(H,11,12). The quantitative estimate of drug-likeness (QED) is 0.511. The van der Waals surface area contributed by atoms with Gasteiger partial charge in [-0.05, 0) is 25.4 Å². The van der Waals surface area contributed by atoms with Gasteiger partial charge in [0.1, 0.15) is 0 Å². The lowest BCUT2D eigenvalue weighted by atomic mass is 9.88. The van der Waals surface area contributed by atoms with Crippen LogP contribution in [0.2, 0.25) is 0 Å². The van der Waals surface area contributed by atoms with E-state index in [9.17, 15) is 4.79 Å². The summed E-state index contributed by atoms with van der Waals surface area (Å²) in [4.78, 5) is 10.2. The lowest BCUT2D eigenvalue weighted by molar-refractivity contribution is -0.130. The first-order chi connectivity index (χ1) is 5.70. The lowest BCUT2D eigenvalue weighted by Gasteiger charge is -2.24. The number of carbonyl (C=O) groups is 1. The minimum Gasteiger partial charge on any atom is -0.472 e. The highest BCUT2D eigenvalue weighted by molar-refractivity contribution is 5.86. The number of piperidine rings is 1. The fourth-order valence-corrected chi connectivity index (χ4v) is 1.38. The average Bonchev–Trinajstić information content (AvgIpc) is 2.03. The molecular weight excluding hydrogens is 154 g/mol. The predicted octanol–water partition coefficient (Wildman–Crippen LogP) is 0.320. The molecule has 1 heterocycles. The van der Waals surface area contributed by atoms with Crippen LogP contribution in [0.25, 0.3) is 0 Å². The number of rotatable bonds is 0. The SMILES string of the molecule is CC1CNCCC1C#CC(=O)O. The van der Waals surface area contributed by atoms with E-state index in [0.29, 0.717) is 5.92 Å². The Balaban J connectivity index is 2.51. The van der Waals surface area contributed by atoms with Gasteiger partial charge in [0, 0.05) is 11.8 Å². The first kappa shape index (κ1) is 9.08. The summed E-state index contributed by atoms with van der Waals surface area (Å²) in [5.41, 5.74) is 0. The third-order valence-corrected chi connectivity index (χ3v) is 2.15. The van der Waals surface area contributed by atoms with Crippen LogP contribution in [-0.4, -0.2) is 24.2 Å². The molecule has 1 saturated heterocycles. The van der Waals surface area contributed by atoms with Crippen LogP contribution >= 0.6 is 0 Å². The fourth-order valence-electron chi connectivity index (χ4n) is 1.38. The van der Waals surface area contributed by atoms with Crippen LogP contribution in [0.1, 0.15) is 13.3 Å². The van der Waals surface area contributed by atoms with E-state index >= 15 is 0 Å². The molecule has 1 aliphatic rings. The maximum Gasteiger partial charge on any atom is 0.381 e. The molecule has 3 heteroatoms. The molecule has 0 aromatic rings. The van der Waals surface area contributed by atoms with Gasteiger partial charge in [0.2, 0.25) is 0 Å². The molecule has 0 aromatic carbocycles. The van der Waals surface area contributed by atoms with E-state index in [0.717, 1.165) is 19.5 Å². The van der Waals surface area contributed by atoms with Gasteiger partial charge in [0.05, 0.1) is 0 Å². The second-order valence-electron chi connectivity index (χ2n) is 3.15. The van der Waals surface area contributed by atoms with E-state index in [1.165, 1.54) is 0 Å². The van der Waals surface area contributed by atoms with Crippen molar-refractivity contribution in [3.8, 4) is 11.8 Å². The van der Waals surface area contributed by atoms with Crippen molar-refractivity contribution in [3.63, 3.8) is 0 Å². The number of hydrogen-bond donors (Lipinski definition) is 2. The van der Waals surface area contributed by atoms with Crippen molar-refractivity contribution >= 4 is 5.97 Å². The molecule has 0 aromatic heterocycles. The van der Waals surface area contributed by atoms with Crippen LogP contribution in [0.15, 0.2) is 0 Å². The molecule has 12 heavy (non-hydrogen) atoms. The third-order valence-electron chi connectivity index (χ3n) is 2.15. The lowest BCUT2D eigenvalue weighted by Crippen LogP contribution is -2.34. The van der Waals surface area contributed by atoms with Crippen molar-refractivity contribution in [2.24, 2.45) is 11.8 Å². The van der Waals surface area contributed by atoms with Gasteiger partial charge in [-0.15, -0.1) is 0 Å². The van der Waals surface area contributed by atoms with E-state index in [2.05, 4.69) is 24.1 Å². The third kappa shape index (κ3) is 2.55. The molecule has 1 fully saturated rings. The fraction of sp³-hybridized carbons (Fsp3) is 0.667. The molecule has 2 unspecified atom stereocenters. The summed E-state index contributed by atoms with van der Waals surface area (Å²) in [6.45, 7) is 3.98. The summed E-state index contributed by atoms with van der Waals surface area (Å²) < 4.78 is 0. The van der Waals surface area contributed by atoms with Gasteiger partial charge in [-0.25, -0.2) is 4.79 Å². The molecule has 1 aliphatic heterocycles. The molecule has 0 radical (unpaired) electrons. The Bertz CT molecular complexity index is 226. The van der Waals surface area contributed by atoms with Crippen molar-refractivity contribution < 1.29 is 9.90 Å². The summed E-state index contributed by atoms with van der Waals surface area (Å²) in [7, 11) is 0. The Morgan fingerprint density at radius 3 is 3.00 bits per heavy atom. The van der Waals surface area contributed by atoms with Gasteiger partial charge in [0.25, 0.3) is 0 Å². The number of hydrogen-bond acceptors (Lipinski definition) is 2. The largest absolute Gasteiger partial charge is 0.472 e. The van der Waals surface area contributed by atoms with Crippen molar-refractivity contribution in [1.82, 2.24) is 5.32 Å². The van der Waals surface area contributed by atoms with Crippen molar-refractivity contribution in [3.05, 3.63) is 0 Å². The molecule has 0 amide bonds. The highest BCUT2D eigenvalue weighted by Crippen LogP contribution is 2.16. The van der Waals surface area contributed by atoms with Crippen LogP contribution in [-0.2, 0) is 4.79 Å². The van der Waals surface area contributed by atoms with Crippen LogP contribution in [0.5, 0.6) is 0 Å². The van der Waals surface area contributed by atoms with Gasteiger partial charge < -0.3 is 10.4 Å². The van der Waals surface area contributed by atoms with Crippen LogP contribution in [0, 0.1) is 23.7 Å². The Hall–Kier alpha value is -1.01. The number of aliphatic carboxylic acids is 1. The summed E-state index contributed by atoms with van der Waals surface area (Å²) in [6.07, 6.45) is 0.960. The molecular formula is C9H13NO2. The monoisotopic (exact) mass is 167 g/mol. The van der Waals surface area contributed by atoms with E-state index in [1.54, 1.807) is 0 Å². The Kier molecular flexibility index (Phi) is 3.12. The van der Waals surface area contributed by atoms with Crippen molar-refractivity contribution in [2.75, 3.05) is 13.1 Å². The van der Waals surface area contributed by atoms with E-state index in [1.807, 2.05) is 0 Å². The Morgan fingerprint density at radius 2 is 2.42 bits per heavy atom. The highest BCUT2D eigenvalue weighted by atomic mass is 16.4. The van der Waals surface area contributed by atoms with Gasteiger partial charge >= 0.3 is 5.97 Å². The maximum absolute atomic E-state index is 10.2.